The van der Waals surface area contributed by atoms with Gasteiger partial charge in [-0.25, -0.2) is 8.42 Å². The number of halogens is 3. The fourth-order valence-electron chi connectivity index (χ4n) is 2.17. The van der Waals surface area contributed by atoms with E-state index in [-0.39, 0.29) is 23.7 Å². The summed E-state index contributed by atoms with van der Waals surface area (Å²) in [6.07, 6.45) is -4.51. The van der Waals surface area contributed by atoms with Crippen LogP contribution in [0.25, 0.3) is 0 Å². The fraction of sp³-hybridized carbons (Fsp3) is 0.667. The van der Waals surface area contributed by atoms with Gasteiger partial charge in [-0.1, -0.05) is 0 Å². The maximum absolute atomic E-state index is 12.8. The van der Waals surface area contributed by atoms with E-state index in [1.54, 1.807) is 0 Å². The van der Waals surface area contributed by atoms with Crippen LogP contribution in [0, 0.1) is 0 Å². The SMILES string of the molecule is CC1(n2nc(N)cc2C(F)(F)F)CCS(=O)(=O)C1. The zero-order valence-corrected chi connectivity index (χ0v) is 10.3. The van der Waals surface area contributed by atoms with Crippen LogP contribution >= 0.6 is 0 Å². The first kappa shape index (κ1) is 13.2. The molecular weight excluding hydrogens is 271 g/mol. The molecule has 0 aliphatic carbocycles. The zero-order valence-electron chi connectivity index (χ0n) is 9.53. The highest BCUT2D eigenvalue weighted by Crippen LogP contribution is 2.37. The van der Waals surface area contributed by atoms with Crippen molar-refractivity contribution < 1.29 is 21.6 Å². The lowest BCUT2D eigenvalue weighted by atomic mass is 10.0. The largest absolute Gasteiger partial charge is 0.433 e. The van der Waals surface area contributed by atoms with E-state index in [4.69, 9.17) is 5.73 Å². The molecule has 1 fully saturated rings. The van der Waals surface area contributed by atoms with E-state index < -0.39 is 27.2 Å². The quantitative estimate of drug-likeness (QED) is 0.834. The third-order valence-corrected chi connectivity index (χ3v) is 4.90. The molecule has 2 rings (SSSR count). The molecule has 1 saturated heterocycles. The van der Waals surface area contributed by atoms with Gasteiger partial charge in [0.1, 0.15) is 11.5 Å². The Morgan fingerprint density at radius 3 is 2.56 bits per heavy atom. The number of hydrogen-bond acceptors (Lipinski definition) is 4. The Bertz CT molecular complexity index is 578. The van der Waals surface area contributed by atoms with Crippen LogP contribution in [0.5, 0.6) is 0 Å². The normalized spacial score (nSPS) is 27.6. The Labute approximate surface area is 102 Å². The first-order chi connectivity index (χ1) is 8.04. The second-order valence-corrected chi connectivity index (χ2v) is 6.89. The van der Waals surface area contributed by atoms with Crippen molar-refractivity contribution in [2.75, 3.05) is 17.2 Å². The predicted molar refractivity (Wildman–Crippen MR) is 58.6 cm³/mol. The van der Waals surface area contributed by atoms with Gasteiger partial charge in [0.2, 0.25) is 0 Å². The first-order valence-electron chi connectivity index (χ1n) is 5.17. The molecule has 0 amide bonds. The van der Waals surface area contributed by atoms with E-state index >= 15 is 0 Å². The number of nitrogen functional groups attached to an aromatic ring is 1. The van der Waals surface area contributed by atoms with Crippen LogP contribution in [0.4, 0.5) is 19.0 Å². The van der Waals surface area contributed by atoms with Crippen LogP contribution in [0.15, 0.2) is 6.07 Å². The van der Waals surface area contributed by atoms with Crippen LogP contribution in [-0.2, 0) is 21.6 Å². The summed E-state index contributed by atoms with van der Waals surface area (Å²) in [5.74, 6) is -0.766. The monoisotopic (exact) mass is 283 g/mol. The number of nitrogens with zero attached hydrogens (tertiary/aromatic N) is 2. The van der Waals surface area contributed by atoms with Crippen molar-refractivity contribution in [3.63, 3.8) is 0 Å². The lowest BCUT2D eigenvalue weighted by molar-refractivity contribution is -0.146. The third-order valence-electron chi connectivity index (χ3n) is 3.01. The summed E-state index contributed by atoms with van der Waals surface area (Å²) in [7, 11) is -3.32. The number of aromatic nitrogens is 2. The molecule has 1 atom stereocenters. The maximum atomic E-state index is 12.8. The summed E-state index contributed by atoms with van der Waals surface area (Å²) in [5, 5.41) is 3.61. The molecule has 5 nitrogen and oxygen atoms in total. The Morgan fingerprint density at radius 2 is 2.11 bits per heavy atom. The lowest BCUT2D eigenvalue weighted by Crippen LogP contribution is -2.35. The maximum Gasteiger partial charge on any atom is 0.433 e. The highest BCUT2D eigenvalue weighted by Gasteiger charge is 2.46. The number of sulfone groups is 1. The Hall–Kier alpha value is -1.25. The third kappa shape index (κ3) is 2.18. The molecule has 1 aliphatic heterocycles. The van der Waals surface area contributed by atoms with Crippen molar-refractivity contribution in [1.29, 1.82) is 0 Å². The minimum atomic E-state index is -4.61. The molecule has 0 aromatic carbocycles. The van der Waals surface area contributed by atoms with Gasteiger partial charge in [0, 0.05) is 6.07 Å². The fourth-order valence-corrected chi connectivity index (χ4v) is 4.28. The molecule has 2 heterocycles. The molecule has 1 aliphatic rings. The Kier molecular flexibility index (Phi) is 2.66. The van der Waals surface area contributed by atoms with E-state index in [2.05, 4.69) is 5.10 Å². The summed E-state index contributed by atoms with van der Waals surface area (Å²) in [6, 6.07) is 0.718. The van der Waals surface area contributed by atoms with E-state index in [0.29, 0.717) is 4.68 Å². The second-order valence-electron chi connectivity index (χ2n) is 4.70. The molecular formula is C9H12F3N3O2S. The number of nitrogens with two attached hydrogens (primary N) is 1. The van der Waals surface area contributed by atoms with Gasteiger partial charge in [-0.05, 0) is 13.3 Å². The lowest BCUT2D eigenvalue weighted by Gasteiger charge is -2.25. The Morgan fingerprint density at radius 1 is 1.50 bits per heavy atom. The minimum absolute atomic E-state index is 0.0968. The van der Waals surface area contributed by atoms with Crippen LogP contribution in [-0.4, -0.2) is 29.7 Å². The van der Waals surface area contributed by atoms with Crippen molar-refractivity contribution in [3.05, 3.63) is 11.8 Å². The number of hydrogen-bond donors (Lipinski definition) is 1. The van der Waals surface area contributed by atoms with Crippen molar-refractivity contribution in [1.82, 2.24) is 9.78 Å². The van der Waals surface area contributed by atoms with Crippen molar-refractivity contribution >= 4 is 15.7 Å². The smallest absolute Gasteiger partial charge is 0.382 e. The number of anilines is 1. The Balaban J connectivity index is 2.53. The van der Waals surface area contributed by atoms with Crippen molar-refractivity contribution in [2.45, 2.75) is 25.1 Å². The van der Waals surface area contributed by atoms with Crippen LogP contribution < -0.4 is 5.73 Å². The highest BCUT2D eigenvalue weighted by molar-refractivity contribution is 7.91. The molecule has 0 saturated carbocycles. The predicted octanol–water partition coefficient (Wildman–Crippen LogP) is 1.02. The van der Waals surface area contributed by atoms with E-state index in [1.165, 1.54) is 6.92 Å². The van der Waals surface area contributed by atoms with E-state index in [1.807, 2.05) is 0 Å². The van der Waals surface area contributed by atoms with Gasteiger partial charge < -0.3 is 5.73 Å². The molecule has 18 heavy (non-hydrogen) atoms. The van der Waals surface area contributed by atoms with Gasteiger partial charge in [0.25, 0.3) is 0 Å². The van der Waals surface area contributed by atoms with Gasteiger partial charge in [-0.2, -0.15) is 18.3 Å². The van der Waals surface area contributed by atoms with Gasteiger partial charge in [-0.15, -0.1) is 0 Å². The van der Waals surface area contributed by atoms with Gasteiger partial charge in [-0.3, -0.25) is 4.68 Å². The molecule has 1 aromatic rings. The topological polar surface area (TPSA) is 78.0 Å². The molecule has 0 bridgehead atoms. The molecule has 2 N–H and O–H groups in total. The van der Waals surface area contributed by atoms with Gasteiger partial charge >= 0.3 is 6.18 Å². The van der Waals surface area contributed by atoms with Gasteiger partial charge in [0.15, 0.2) is 9.84 Å². The molecule has 1 unspecified atom stereocenters. The summed E-state index contributed by atoms with van der Waals surface area (Å²) in [5.41, 5.74) is 3.08. The average molecular weight is 283 g/mol. The summed E-state index contributed by atoms with van der Waals surface area (Å²) >= 11 is 0. The van der Waals surface area contributed by atoms with Crippen LogP contribution in [0.2, 0.25) is 0 Å². The second kappa shape index (κ2) is 3.62. The number of alkyl halides is 3. The van der Waals surface area contributed by atoms with E-state index in [9.17, 15) is 21.6 Å². The summed E-state index contributed by atoms with van der Waals surface area (Å²) in [4.78, 5) is 0. The van der Waals surface area contributed by atoms with Crippen molar-refractivity contribution in [2.24, 2.45) is 0 Å². The number of rotatable bonds is 1. The molecule has 1 aromatic heterocycles. The van der Waals surface area contributed by atoms with E-state index in [0.717, 1.165) is 6.07 Å². The molecule has 0 radical (unpaired) electrons. The molecule has 102 valence electrons. The van der Waals surface area contributed by atoms with Crippen LogP contribution in [0.3, 0.4) is 0 Å². The first-order valence-corrected chi connectivity index (χ1v) is 6.99. The van der Waals surface area contributed by atoms with Crippen LogP contribution in [0.1, 0.15) is 19.0 Å². The zero-order chi connectivity index (χ0) is 13.8. The van der Waals surface area contributed by atoms with Crippen molar-refractivity contribution in [3.8, 4) is 0 Å². The standard InChI is InChI=1S/C9H12F3N3O2S/c1-8(2-3-18(16,17)5-8)15-6(9(10,11)12)4-7(13)14-15/h4H,2-3,5H2,1H3,(H2,13,14). The molecule has 9 heteroatoms. The van der Waals surface area contributed by atoms with Gasteiger partial charge in [0.05, 0.1) is 17.0 Å². The summed E-state index contributed by atoms with van der Waals surface area (Å²) < 4.78 is 62.0. The summed E-state index contributed by atoms with van der Waals surface area (Å²) in [6.45, 7) is 1.44. The average Bonchev–Trinajstić information content (AvgIpc) is 2.68. The molecule has 0 spiro atoms. The minimum Gasteiger partial charge on any atom is -0.382 e. The highest BCUT2D eigenvalue weighted by atomic mass is 32.2.